The van der Waals surface area contributed by atoms with E-state index in [0.29, 0.717) is 16.7 Å². The standard InChI is InChI=1S/C17H28O/c1-3-4-14-10-17(14,18)16-8-12-5-13(9-16)7-15(2,6-12)11-16/h12-14,18H,3-11H2,1-2H3. The summed E-state index contributed by atoms with van der Waals surface area (Å²) in [7, 11) is 0. The van der Waals surface area contributed by atoms with Crippen LogP contribution in [0.1, 0.15) is 71.6 Å². The van der Waals surface area contributed by atoms with E-state index in [1.807, 2.05) is 0 Å². The predicted molar refractivity (Wildman–Crippen MR) is 73.2 cm³/mol. The van der Waals surface area contributed by atoms with Gasteiger partial charge in [-0.25, -0.2) is 0 Å². The van der Waals surface area contributed by atoms with Crippen molar-refractivity contribution >= 4 is 0 Å². The highest BCUT2D eigenvalue weighted by atomic mass is 16.3. The van der Waals surface area contributed by atoms with Gasteiger partial charge in [0.25, 0.3) is 0 Å². The van der Waals surface area contributed by atoms with Gasteiger partial charge in [-0.05, 0) is 74.5 Å². The molecule has 4 bridgehead atoms. The largest absolute Gasteiger partial charge is 0.389 e. The molecule has 5 saturated carbocycles. The molecule has 0 radical (unpaired) electrons. The van der Waals surface area contributed by atoms with E-state index in [-0.39, 0.29) is 5.60 Å². The van der Waals surface area contributed by atoms with Crippen LogP contribution in [0.3, 0.4) is 0 Å². The fourth-order valence-corrected chi connectivity index (χ4v) is 6.88. The second kappa shape index (κ2) is 3.34. The van der Waals surface area contributed by atoms with Crippen molar-refractivity contribution in [3.05, 3.63) is 0 Å². The summed E-state index contributed by atoms with van der Waals surface area (Å²) in [4.78, 5) is 0. The van der Waals surface area contributed by atoms with Gasteiger partial charge in [-0.3, -0.25) is 0 Å². The Balaban J connectivity index is 1.65. The van der Waals surface area contributed by atoms with Gasteiger partial charge >= 0.3 is 0 Å². The molecule has 18 heavy (non-hydrogen) atoms. The van der Waals surface area contributed by atoms with Gasteiger partial charge in [0.2, 0.25) is 0 Å². The summed E-state index contributed by atoms with van der Waals surface area (Å²) >= 11 is 0. The van der Waals surface area contributed by atoms with Crippen molar-refractivity contribution in [1.29, 1.82) is 0 Å². The van der Waals surface area contributed by atoms with Gasteiger partial charge in [0.05, 0.1) is 5.60 Å². The molecule has 1 N–H and O–H groups in total. The molecule has 1 nitrogen and oxygen atoms in total. The van der Waals surface area contributed by atoms with E-state index in [9.17, 15) is 5.11 Å². The highest BCUT2D eigenvalue weighted by Crippen LogP contribution is 2.73. The van der Waals surface area contributed by atoms with Gasteiger partial charge in [-0.2, -0.15) is 0 Å². The van der Waals surface area contributed by atoms with E-state index in [1.54, 1.807) is 0 Å². The molecule has 0 heterocycles. The summed E-state index contributed by atoms with van der Waals surface area (Å²) in [6, 6.07) is 0. The first-order valence-electron chi connectivity index (χ1n) is 8.21. The van der Waals surface area contributed by atoms with Crippen LogP contribution in [0.2, 0.25) is 0 Å². The van der Waals surface area contributed by atoms with Gasteiger partial charge in [0.15, 0.2) is 0 Å². The second-order valence-electron chi connectivity index (χ2n) is 8.67. The fourth-order valence-electron chi connectivity index (χ4n) is 6.88. The molecule has 0 aromatic carbocycles. The van der Waals surface area contributed by atoms with Crippen LogP contribution < -0.4 is 0 Å². The molecular formula is C17H28O. The maximum atomic E-state index is 11.2. The van der Waals surface area contributed by atoms with Crippen molar-refractivity contribution in [3.63, 3.8) is 0 Å². The maximum Gasteiger partial charge on any atom is 0.0736 e. The van der Waals surface area contributed by atoms with Gasteiger partial charge in [0.1, 0.15) is 0 Å². The summed E-state index contributed by atoms with van der Waals surface area (Å²) in [5, 5.41) is 11.2. The molecular weight excluding hydrogens is 220 g/mol. The number of hydrogen-bond donors (Lipinski definition) is 1. The molecule has 0 aromatic heterocycles. The van der Waals surface area contributed by atoms with Crippen LogP contribution in [-0.4, -0.2) is 10.7 Å². The molecule has 5 aliphatic carbocycles. The summed E-state index contributed by atoms with van der Waals surface area (Å²) in [6.07, 6.45) is 12.1. The fraction of sp³-hybridized carbons (Fsp3) is 1.00. The zero-order chi connectivity index (χ0) is 12.6. The SMILES string of the molecule is CCCC1CC1(O)C12CC3CC(CC(C)(C3)C1)C2. The minimum absolute atomic E-state index is 0.248. The Kier molecular flexibility index (Phi) is 2.18. The average Bonchev–Trinajstić information content (AvgIpc) is 2.88. The van der Waals surface area contributed by atoms with E-state index in [2.05, 4.69) is 13.8 Å². The lowest BCUT2D eigenvalue weighted by molar-refractivity contribution is -0.169. The first-order valence-corrected chi connectivity index (χ1v) is 8.21. The quantitative estimate of drug-likeness (QED) is 0.795. The van der Waals surface area contributed by atoms with E-state index in [4.69, 9.17) is 0 Å². The highest BCUT2D eigenvalue weighted by molar-refractivity contribution is 5.21. The lowest BCUT2D eigenvalue weighted by atomic mass is 9.42. The van der Waals surface area contributed by atoms with Gasteiger partial charge in [-0.15, -0.1) is 0 Å². The Morgan fingerprint density at radius 1 is 1.06 bits per heavy atom. The molecule has 4 atom stereocenters. The first-order chi connectivity index (χ1) is 8.49. The Hall–Kier alpha value is -0.0400. The van der Waals surface area contributed by atoms with E-state index >= 15 is 0 Å². The van der Waals surface area contributed by atoms with Crippen molar-refractivity contribution in [2.75, 3.05) is 0 Å². The molecule has 0 spiro atoms. The van der Waals surface area contributed by atoms with E-state index in [0.717, 1.165) is 18.3 Å². The Morgan fingerprint density at radius 2 is 1.72 bits per heavy atom. The number of hydrogen-bond acceptors (Lipinski definition) is 1. The second-order valence-corrected chi connectivity index (χ2v) is 8.67. The molecule has 0 aliphatic heterocycles. The molecule has 5 rings (SSSR count). The molecule has 4 unspecified atom stereocenters. The van der Waals surface area contributed by atoms with Crippen molar-refractivity contribution in [1.82, 2.24) is 0 Å². The van der Waals surface area contributed by atoms with Crippen LogP contribution in [0.4, 0.5) is 0 Å². The smallest absolute Gasteiger partial charge is 0.0736 e. The van der Waals surface area contributed by atoms with Crippen LogP contribution >= 0.6 is 0 Å². The van der Waals surface area contributed by atoms with Crippen molar-refractivity contribution in [2.45, 2.75) is 77.2 Å². The normalized spacial score (nSPS) is 61.2. The lowest BCUT2D eigenvalue weighted by Gasteiger charge is -2.63. The first kappa shape index (κ1) is 11.8. The van der Waals surface area contributed by atoms with Crippen molar-refractivity contribution in [3.8, 4) is 0 Å². The monoisotopic (exact) mass is 248 g/mol. The molecule has 5 fully saturated rings. The van der Waals surface area contributed by atoms with Crippen LogP contribution in [0.15, 0.2) is 0 Å². The summed E-state index contributed by atoms with van der Waals surface area (Å²) in [5.74, 6) is 2.54. The summed E-state index contributed by atoms with van der Waals surface area (Å²) in [5.41, 5.74) is 0.673. The van der Waals surface area contributed by atoms with E-state index < -0.39 is 0 Å². The molecule has 1 heteroatoms. The predicted octanol–water partition coefficient (Wildman–Crippen LogP) is 4.14. The molecule has 0 saturated heterocycles. The highest BCUT2D eigenvalue weighted by Gasteiger charge is 2.70. The third-order valence-corrected chi connectivity index (χ3v) is 6.98. The van der Waals surface area contributed by atoms with Crippen LogP contribution in [0.25, 0.3) is 0 Å². The third-order valence-electron chi connectivity index (χ3n) is 6.98. The van der Waals surface area contributed by atoms with E-state index in [1.165, 1.54) is 51.4 Å². The zero-order valence-corrected chi connectivity index (χ0v) is 12.0. The van der Waals surface area contributed by atoms with Gasteiger partial charge in [-0.1, -0.05) is 20.3 Å². The third kappa shape index (κ3) is 1.38. The molecule has 102 valence electrons. The van der Waals surface area contributed by atoms with Crippen molar-refractivity contribution in [2.24, 2.45) is 28.6 Å². The topological polar surface area (TPSA) is 20.2 Å². The zero-order valence-electron chi connectivity index (χ0n) is 12.0. The molecule has 0 aromatic rings. The minimum atomic E-state index is -0.248. The Morgan fingerprint density at radius 3 is 2.28 bits per heavy atom. The maximum absolute atomic E-state index is 11.2. The van der Waals surface area contributed by atoms with Crippen LogP contribution in [0.5, 0.6) is 0 Å². The lowest BCUT2D eigenvalue weighted by Crippen LogP contribution is -2.56. The number of rotatable bonds is 3. The van der Waals surface area contributed by atoms with Crippen molar-refractivity contribution < 1.29 is 5.11 Å². The minimum Gasteiger partial charge on any atom is -0.389 e. The number of aliphatic hydroxyl groups is 1. The molecule has 5 aliphatic rings. The van der Waals surface area contributed by atoms with Crippen LogP contribution in [0, 0.1) is 28.6 Å². The Labute approximate surface area is 111 Å². The summed E-state index contributed by atoms with van der Waals surface area (Å²) < 4.78 is 0. The summed E-state index contributed by atoms with van der Waals surface area (Å²) in [6.45, 7) is 4.78. The molecule has 0 amide bonds. The van der Waals surface area contributed by atoms with Gasteiger partial charge < -0.3 is 5.11 Å². The Bertz CT molecular complexity index is 360. The average molecular weight is 248 g/mol. The van der Waals surface area contributed by atoms with Crippen LogP contribution in [-0.2, 0) is 0 Å². The van der Waals surface area contributed by atoms with Gasteiger partial charge in [0, 0.05) is 5.41 Å².